The molecule has 28 heavy (non-hydrogen) atoms. The van der Waals surface area contributed by atoms with Gasteiger partial charge in [-0.1, -0.05) is 0 Å². The Bertz CT molecular complexity index is 1040. The Balaban J connectivity index is 1.55. The van der Waals surface area contributed by atoms with E-state index >= 15 is 0 Å². The van der Waals surface area contributed by atoms with E-state index in [0.29, 0.717) is 29.6 Å². The molecule has 0 spiro atoms. The molecular weight excluding hydrogens is 368 g/mol. The highest BCUT2D eigenvalue weighted by Gasteiger charge is 2.30. The van der Waals surface area contributed by atoms with Crippen LogP contribution < -0.4 is 15.4 Å². The summed E-state index contributed by atoms with van der Waals surface area (Å²) in [6, 6.07) is 1.34. The van der Waals surface area contributed by atoms with Crippen molar-refractivity contribution in [1.29, 1.82) is 0 Å². The average Bonchev–Trinajstić information content (AvgIpc) is 3.35. The summed E-state index contributed by atoms with van der Waals surface area (Å²) in [5, 5.41) is 10.5. The fourth-order valence-electron chi connectivity index (χ4n) is 3.45. The molecule has 146 valence electrons. The number of ether oxygens (including phenoxy) is 1. The van der Waals surface area contributed by atoms with E-state index in [0.717, 1.165) is 24.7 Å². The molecule has 1 saturated heterocycles. The van der Waals surface area contributed by atoms with Gasteiger partial charge in [0.25, 0.3) is 0 Å². The summed E-state index contributed by atoms with van der Waals surface area (Å²) in [6.45, 7) is 0.730. The van der Waals surface area contributed by atoms with E-state index in [1.807, 2.05) is 0 Å². The van der Waals surface area contributed by atoms with Crippen molar-refractivity contribution in [3.8, 4) is 17.1 Å². The third-order valence-electron chi connectivity index (χ3n) is 5.11. The van der Waals surface area contributed by atoms with E-state index in [1.165, 1.54) is 6.20 Å². The fourth-order valence-corrected chi connectivity index (χ4v) is 3.45. The van der Waals surface area contributed by atoms with Gasteiger partial charge in [0.05, 0.1) is 25.5 Å². The first-order valence-electron chi connectivity index (χ1n) is 9.21. The van der Waals surface area contributed by atoms with Crippen molar-refractivity contribution in [1.82, 2.24) is 29.9 Å². The molecule has 10 heteroatoms. The number of hydrogen-bond donors (Lipinski definition) is 2. The molecule has 5 rings (SSSR count). The van der Waals surface area contributed by atoms with Gasteiger partial charge in [-0.25, -0.2) is 28.2 Å². The van der Waals surface area contributed by atoms with Crippen LogP contribution in [0.2, 0.25) is 0 Å². The third kappa shape index (κ3) is 2.93. The first-order chi connectivity index (χ1) is 13.6. The van der Waals surface area contributed by atoms with Crippen molar-refractivity contribution in [2.45, 2.75) is 31.0 Å². The Labute approximate surface area is 159 Å². The second-order valence-corrected chi connectivity index (χ2v) is 7.10. The van der Waals surface area contributed by atoms with Crippen molar-refractivity contribution in [2.24, 2.45) is 0 Å². The topological polar surface area (TPSA) is 89.3 Å². The average molecular weight is 387 g/mol. The largest absolute Gasteiger partial charge is 0.495 e. The van der Waals surface area contributed by atoms with Crippen LogP contribution in [0.25, 0.3) is 17.0 Å². The van der Waals surface area contributed by atoms with Gasteiger partial charge in [0, 0.05) is 25.1 Å². The lowest BCUT2D eigenvalue weighted by molar-refractivity contribution is 0.342. The minimum absolute atomic E-state index is 0.0609. The number of nitrogens with one attached hydrogen (secondary N) is 2. The van der Waals surface area contributed by atoms with Crippen LogP contribution in [0, 0.1) is 5.82 Å². The molecule has 0 amide bonds. The zero-order chi connectivity index (χ0) is 19.3. The highest BCUT2D eigenvalue weighted by atomic mass is 19.1. The van der Waals surface area contributed by atoms with Crippen molar-refractivity contribution in [3.05, 3.63) is 30.0 Å². The predicted octanol–water partition coefficient (Wildman–Crippen LogP) is 1.93. The van der Waals surface area contributed by atoms with E-state index in [2.05, 4.69) is 30.7 Å². The second kappa shape index (κ2) is 6.62. The van der Waals surface area contributed by atoms with Crippen molar-refractivity contribution >= 4 is 11.6 Å². The van der Waals surface area contributed by atoms with Gasteiger partial charge in [-0.05, 0) is 12.8 Å². The minimum atomic E-state index is -1.05. The van der Waals surface area contributed by atoms with E-state index in [9.17, 15) is 8.78 Å². The van der Waals surface area contributed by atoms with Crippen LogP contribution in [-0.4, -0.2) is 57.0 Å². The maximum atomic E-state index is 14.5. The molecule has 0 bridgehead atoms. The normalized spacial score (nSPS) is 22.0. The number of methoxy groups -OCH3 is 1. The number of imidazole rings is 1. The van der Waals surface area contributed by atoms with Crippen molar-refractivity contribution in [3.63, 3.8) is 0 Å². The molecule has 2 N–H and O–H groups in total. The van der Waals surface area contributed by atoms with Gasteiger partial charge in [0.1, 0.15) is 29.0 Å². The van der Waals surface area contributed by atoms with Crippen LogP contribution >= 0.6 is 0 Å². The minimum Gasteiger partial charge on any atom is -0.495 e. The molecule has 3 aromatic heterocycles. The number of aromatic nitrogens is 5. The van der Waals surface area contributed by atoms with Gasteiger partial charge >= 0.3 is 0 Å². The van der Waals surface area contributed by atoms with Gasteiger partial charge in [-0.3, -0.25) is 0 Å². The lowest BCUT2D eigenvalue weighted by atomic mass is 10.2. The van der Waals surface area contributed by atoms with E-state index in [1.54, 1.807) is 17.7 Å². The zero-order valence-electron chi connectivity index (χ0n) is 15.2. The van der Waals surface area contributed by atoms with Crippen LogP contribution in [0.5, 0.6) is 5.75 Å². The molecule has 0 aromatic carbocycles. The molecule has 4 heterocycles. The van der Waals surface area contributed by atoms with E-state index in [4.69, 9.17) is 4.74 Å². The smallest absolute Gasteiger partial charge is 0.223 e. The molecule has 1 aliphatic heterocycles. The van der Waals surface area contributed by atoms with Crippen LogP contribution in [0.1, 0.15) is 24.5 Å². The van der Waals surface area contributed by atoms with Gasteiger partial charge in [-0.15, -0.1) is 0 Å². The number of anilines is 1. The van der Waals surface area contributed by atoms with Crippen molar-refractivity contribution < 1.29 is 13.5 Å². The molecule has 1 aliphatic carbocycles. The Morgan fingerprint density at radius 1 is 1.25 bits per heavy atom. The monoisotopic (exact) mass is 387 g/mol. The van der Waals surface area contributed by atoms with Crippen LogP contribution in [0.15, 0.2) is 18.5 Å². The lowest BCUT2D eigenvalue weighted by Crippen LogP contribution is -2.30. The molecule has 3 aromatic rings. The van der Waals surface area contributed by atoms with Crippen LogP contribution in [0.4, 0.5) is 14.7 Å². The molecule has 2 aliphatic rings. The number of fused-ring (bicyclic) bond motifs is 1. The maximum Gasteiger partial charge on any atom is 0.223 e. The Morgan fingerprint density at radius 2 is 2.11 bits per heavy atom. The summed E-state index contributed by atoms with van der Waals surface area (Å²) in [6.07, 6.45) is 3.64. The Kier molecular flexibility index (Phi) is 4.08. The predicted molar refractivity (Wildman–Crippen MR) is 97.7 cm³/mol. The summed E-state index contributed by atoms with van der Waals surface area (Å²) in [4.78, 5) is 12.5. The molecule has 2 atom stereocenters. The first kappa shape index (κ1) is 17.2. The van der Waals surface area contributed by atoms with Gasteiger partial charge in [0.2, 0.25) is 5.95 Å². The highest BCUT2D eigenvalue weighted by molar-refractivity contribution is 5.62. The van der Waals surface area contributed by atoms with Crippen molar-refractivity contribution in [2.75, 3.05) is 25.5 Å². The van der Waals surface area contributed by atoms with E-state index < -0.39 is 18.0 Å². The van der Waals surface area contributed by atoms with Gasteiger partial charge in [-0.2, -0.15) is 5.10 Å². The molecule has 2 unspecified atom stereocenters. The molecule has 8 nitrogen and oxygen atoms in total. The molecule has 0 radical (unpaired) electrons. The number of hydrogen-bond acceptors (Lipinski definition) is 7. The molecule has 2 fully saturated rings. The summed E-state index contributed by atoms with van der Waals surface area (Å²) < 4.78 is 35.4. The fraction of sp³-hybridized carbons (Fsp3) is 0.444. The SMILES string of the molecule is COc1cc2ncc(-c3nc(NC4CNCC4F)ncc3F)n2nc1C1CC1. The third-order valence-corrected chi connectivity index (χ3v) is 5.11. The van der Waals surface area contributed by atoms with Gasteiger partial charge in [0.15, 0.2) is 11.5 Å². The molecular formula is C18H19F2N7O. The lowest BCUT2D eigenvalue weighted by Gasteiger charge is -2.14. The quantitative estimate of drug-likeness (QED) is 0.691. The number of nitrogens with zero attached hydrogens (tertiary/aromatic N) is 5. The summed E-state index contributed by atoms with van der Waals surface area (Å²) in [7, 11) is 1.60. The zero-order valence-corrected chi connectivity index (χ0v) is 15.2. The number of rotatable bonds is 5. The summed E-state index contributed by atoms with van der Waals surface area (Å²) >= 11 is 0. The first-order valence-corrected chi connectivity index (χ1v) is 9.21. The number of alkyl halides is 1. The molecule has 1 saturated carbocycles. The van der Waals surface area contributed by atoms with Crippen LogP contribution in [-0.2, 0) is 0 Å². The van der Waals surface area contributed by atoms with Crippen LogP contribution in [0.3, 0.4) is 0 Å². The van der Waals surface area contributed by atoms with E-state index in [-0.39, 0.29) is 18.2 Å². The van der Waals surface area contributed by atoms with Gasteiger partial charge < -0.3 is 15.4 Å². The Morgan fingerprint density at radius 3 is 2.82 bits per heavy atom. The summed E-state index contributed by atoms with van der Waals surface area (Å²) in [5.74, 6) is 0.594. The summed E-state index contributed by atoms with van der Waals surface area (Å²) in [5.41, 5.74) is 1.83. The Hall–Kier alpha value is -2.88. The highest BCUT2D eigenvalue weighted by Crippen LogP contribution is 2.43. The second-order valence-electron chi connectivity index (χ2n) is 7.10. The maximum absolute atomic E-state index is 14.5. The number of halogens is 2. The standard InChI is InChI=1S/C18H19F2N7O/c1-28-14-4-15-22-8-13(27(15)26-16(14)9-2-3-9)17-11(20)6-23-18(25-17)24-12-7-21-5-10(12)19/h4,6,8-10,12,21H,2-3,5,7H2,1H3,(H,23,24,25).